The molecule has 0 spiro atoms. The van der Waals surface area contributed by atoms with Gasteiger partial charge in [0.1, 0.15) is 11.2 Å². The lowest BCUT2D eigenvalue weighted by molar-refractivity contribution is 0.544. The fraction of sp³-hybridized carbons (Fsp3) is 0.700. The molecule has 2 aliphatic rings. The molecule has 0 atom stereocenters. The minimum atomic E-state index is -0.371. The monoisotopic (exact) mass is 204 g/mol. The van der Waals surface area contributed by atoms with E-state index in [0.717, 1.165) is 31.0 Å². The zero-order valence-corrected chi connectivity index (χ0v) is 8.39. The number of aliphatic imine (C=N–C) groups is 1. The van der Waals surface area contributed by atoms with Gasteiger partial charge >= 0.3 is 0 Å². The van der Waals surface area contributed by atoms with Gasteiger partial charge in [0.2, 0.25) is 6.08 Å². The lowest BCUT2D eigenvalue weighted by Crippen LogP contribution is -2.02. The van der Waals surface area contributed by atoms with E-state index in [1.807, 2.05) is 10.9 Å². The number of rotatable bonds is 4. The van der Waals surface area contributed by atoms with Crippen LogP contribution in [0.15, 0.2) is 11.2 Å². The molecule has 0 amide bonds. The lowest BCUT2D eigenvalue weighted by Gasteiger charge is -2.00. The number of nitrogens with zero attached hydrogens (tertiary/aromatic N) is 4. The predicted molar refractivity (Wildman–Crippen MR) is 51.8 cm³/mol. The first-order valence-electron chi connectivity index (χ1n) is 5.32. The van der Waals surface area contributed by atoms with E-state index in [1.165, 1.54) is 12.8 Å². The van der Waals surface area contributed by atoms with E-state index in [1.54, 1.807) is 6.08 Å². The van der Waals surface area contributed by atoms with Crippen molar-refractivity contribution in [2.45, 2.75) is 37.8 Å². The van der Waals surface area contributed by atoms with Crippen LogP contribution in [0.3, 0.4) is 0 Å². The smallest absolute Gasteiger partial charge is 0.235 e. The van der Waals surface area contributed by atoms with E-state index in [2.05, 4.69) is 15.3 Å². The molecule has 0 saturated heterocycles. The maximum Gasteiger partial charge on any atom is 0.235 e. The molecule has 3 rings (SSSR count). The third kappa shape index (κ3) is 1.59. The molecule has 15 heavy (non-hydrogen) atoms. The van der Waals surface area contributed by atoms with Crippen molar-refractivity contribution >= 4 is 6.08 Å². The van der Waals surface area contributed by atoms with E-state index < -0.39 is 0 Å². The van der Waals surface area contributed by atoms with Crippen LogP contribution in [0.4, 0.5) is 0 Å². The Bertz CT molecular complexity index is 424. The van der Waals surface area contributed by atoms with Gasteiger partial charge in [0, 0.05) is 6.54 Å². The summed E-state index contributed by atoms with van der Waals surface area (Å²) in [4.78, 5) is 14.1. The van der Waals surface area contributed by atoms with Crippen molar-refractivity contribution in [3.8, 4) is 0 Å². The van der Waals surface area contributed by atoms with Gasteiger partial charge in [-0.25, -0.2) is 4.79 Å². The fourth-order valence-electron chi connectivity index (χ4n) is 1.80. The Hall–Kier alpha value is -1.48. The molecule has 1 aromatic rings. The van der Waals surface area contributed by atoms with Gasteiger partial charge in [-0.05, 0) is 31.6 Å². The predicted octanol–water partition coefficient (Wildman–Crippen LogP) is 1.01. The van der Waals surface area contributed by atoms with Crippen LogP contribution in [0.25, 0.3) is 0 Å². The molecule has 0 radical (unpaired) electrons. The van der Waals surface area contributed by atoms with Crippen molar-refractivity contribution < 1.29 is 4.79 Å². The van der Waals surface area contributed by atoms with Crippen LogP contribution in [0.1, 0.15) is 31.4 Å². The highest BCUT2D eigenvalue weighted by molar-refractivity contribution is 5.38. The SMILES string of the molecule is O=C=NC1(c2cn(CC3CC3)nn2)CC1. The Balaban J connectivity index is 1.80. The molecular weight excluding hydrogens is 192 g/mol. The van der Waals surface area contributed by atoms with Crippen molar-refractivity contribution in [2.75, 3.05) is 0 Å². The average molecular weight is 204 g/mol. The zero-order chi connectivity index (χ0) is 10.3. The molecule has 2 aliphatic carbocycles. The van der Waals surface area contributed by atoms with Gasteiger partial charge in [0.05, 0.1) is 6.20 Å². The van der Waals surface area contributed by atoms with Crippen molar-refractivity contribution in [1.29, 1.82) is 0 Å². The van der Waals surface area contributed by atoms with Gasteiger partial charge in [-0.2, -0.15) is 4.99 Å². The number of aromatic nitrogens is 3. The first-order valence-corrected chi connectivity index (χ1v) is 5.32. The summed E-state index contributed by atoms with van der Waals surface area (Å²) in [5.74, 6) is 0.782. The summed E-state index contributed by atoms with van der Waals surface area (Å²) >= 11 is 0. The van der Waals surface area contributed by atoms with Crippen LogP contribution < -0.4 is 0 Å². The molecule has 0 aliphatic heterocycles. The summed E-state index contributed by atoms with van der Waals surface area (Å²) in [7, 11) is 0. The quantitative estimate of drug-likeness (QED) is 0.543. The highest BCUT2D eigenvalue weighted by Crippen LogP contribution is 2.48. The standard InChI is InChI=1S/C10H12N4O/c15-7-11-10(3-4-10)9-6-14(13-12-9)5-8-1-2-8/h6,8H,1-5H2. The van der Waals surface area contributed by atoms with Crippen LogP contribution >= 0.6 is 0 Å². The zero-order valence-electron chi connectivity index (χ0n) is 8.39. The Morgan fingerprint density at radius 3 is 3.00 bits per heavy atom. The van der Waals surface area contributed by atoms with E-state index in [4.69, 9.17) is 0 Å². The summed E-state index contributed by atoms with van der Waals surface area (Å²) in [5.41, 5.74) is 0.454. The van der Waals surface area contributed by atoms with Crippen molar-refractivity contribution in [3.63, 3.8) is 0 Å². The molecule has 5 heteroatoms. The maximum atomic E-state index is 10.3. The van der Waals surface area contributed by atoms with Gasteiger partial charge in [0.15, 0.2) is 0 Å². The molecule has 1 aromatic heterocycles. The Kier molecular flexibility index (Phi) is 1.76. The third-order valence-corrected chi connectivity index (χ3v) is 3.14. The molecule has 0 bridgehead atoms. The first kappa shape index (κ1) is 8.80. The number of hydrogen-bond acceptors (Lipinski definition) is 4. The third-order valence-electron chi connectivity index (χ3n) is 3.14. The van der Waals surface area contributed by atoms with Crippen LogP contribution in [0.5, 0.6) is 0 Å². The van der Waals surface area contributed by atoms with Crippen LogP contribution in [-0.4, -0.2) is 21.1 Å². The summed E-state index contributed by atoms with van der Waals surface area (Å²) in [6.45, 7) is 0.952. The highest BCUT2D eigenvalue weighted by atomic mass is 16.1. The lowest BCUT2D eigenvalue weighted by atomic mass is 10.2. The molecule has 0 N–H and O–H groups in total. The molecule has 1 heterocycles. The minimum absolute atomic E-state index is 0.371. The second-order valence-electron chi connectivity index (χ2n) is 4.50. The maximum absolute atomic E-state index is 10.3. The molecule has 0 unspecified atom stereocenters. The van der Waals surface area contributed by atoms with Crippen molar-refractivity contribution in [3.05, 3.63) is 11.9 Å². The van der Waals surface area contributed by atoms with Crippen molar-refractivity contribution in [2.24, 2.45) is 10.9 Å². The van der Waals surface area contributed by atoms with Gasteiger partial charge < -0.3 is 0 Å². The van der Waals surface area contributed by atoms with Crippen LogP contribution in [0.2, 0.25) is 0 Å². The van der Waals surface area contributed by atoms with E-state index >= 15 is 0 Å². The normalized spacial score (nSPS) is 22.1. The van der Waals surface area contributed by atoms with Crippen molar-refractivity contribution in [1.82, 2.24) is 15.0 Å². The summed E-state index contributed by atoms with van der Waals surface area (Å²) < 4.78 is 1.87. The molecule has 2 fully saturated rings. The molecule has 78 valence electrons. The Morgan fingerprint density at radius 1 is 1.60 bits per heavy atom. The van der Waals surface area contributed by atoms with E-state index in [9.17, 15) is 4.79 Å². The number of isocyanates is 1. The second kappa shape index (κ2) is 3.00. The number of carbonyl (C=O) groups excluding carboxylic acids is 1. The topological polar surface area (TPSA) is 60.1 Å². The fourth-order valence-corrected chi connectivity index (χ4v) is 1.80. The summed E-state index contributed by atoms with van der Waals surface area (Å²) in [6, 6.07) is 0. The summed E-state index contributed by atoms with van der Waals surface area (Å²) in [5, 5.41) is 8.15. The van der Waals surface area contributed by atoms with E-state index in [0.29, 0.717) is 0 Å². The van der Waals surface area contributed by atoms with Gasteiger partial charge in [-0.3, -0.25) is 4.68 Å². The van der Waals surface area contributed by atoms with Gasteiger partial charge in [-0.1, -0.05) is 5.21 Å². The second-order valence-corrected chi connectivity index (χ2v) is 4.50. The Morgan fingerprint density at radius 2 is 2.40 bits per heavy atom. The molecular formula is C10H12N4O. The molecule has 2 saturated carbocycles. The Labute approximate surface area is 87.2 Å². The first-order chi connectivity index (χ1) is 7.32. The van der Waals surface area contributed by atoms with Gasteiger partial charge in [-0.15, -0.1) is 5.10 Å². The highest BCUT2D eigenvalue weighted by Gasteiger charge is 2.47. The average Bonchev–Trinajstić information content (AvgIpc) is 3.11. The van der Waals surface area contributed by atoms with Crippen LogP contribution in [-0.2, 0) is 16.9 Å². The van der Waals surface area contributed by atoms with E-state index in [-0.39, 0.29) is 5.54 Å². The number of hydrogen-bond donors (Lipinski definition) is 0. The van der Waals surface area contributed by atoms with Gasteiger partial charge in [0.25, 0.3) is 0 Å². The molecule has 5 nitrogen and oxygen atoms in total. The summed E-state index contributed by atoms with van der Waals surface area (Å²) in [6.07, 6.45) is 7.94. The minimum Gasteiger partial charge on any atom is -0.252 e. The largest absolute Gasteiger partial charge is 0.252 e. The van der Waals surface area contributed by atoms with Crippen LogP contribution in [0, 0.1) is 5.92 Å². The molecule has 0 aromatic carbocycles.